The highest BCUT2D eigenvalue weighted by atomic mass is 16.5. The zero-order chi connectivity index (χ0) is 13.2. The second-order valence-electron chi connectivity index (χ2n) is 6.06. The van der Waals surface area contributed by atoms with Gasteiger partial charge in [-0.1, -0.05) is 32.9 Å². The maximum Gasteiger partial charge on any atom is 0.0499 e. The topological polar surface area (TPSA) is 21.3 Å². The van der Waals surface area contributed by atoms with Crippen LogP contribution in [0.15, 0.2) is 12.2 Å². The molecule has 1 aliphatic rings. The van der Waals surface area contributed by atoms with E-state index >= 15 is 0 Å². The molecule has 106 valence electrons. The van der Waals surface area contributed by atoms with Gasteiger partial charge in [0.05, 0.1) is 0 Å². The van der Waals surface area contributed by atoms with E-state index in [1.165, 1.54) is 25.7 Å². The van der Waals surface area contributed by atoms with Crippen LogP contribution in [0, 0.1) is 17.8 Å². The van der Waals surface area contributed by atoms with Crippen LogP contribution in [-0.4, -0.2) is 26.3 Å². The molecule has 2 unspecified atom stereocenters. The van der Waals surface area contributed by atoms with Crippen molar-refractivity contribution in [1.82, 2.24) is 5.32 Å². The minimum atomic E-state index is 0.745. The Labute approximate surface area is 113 Å². The Balaban J connectivity index is 1.88. The molecule has 0 aliphatic heterocycles. The van der Waals surface area contributed by atoms with Gasteiger partial charge >= 0.3 is 0 Å². The van der Waals surface area contributed by atoms with Crippen molar-refractivity contribution >= 4 is 0 Å². The van der Waals surface area contributed by atoms with Gasteiger partial charge in [-0.2, -0.15) is 0 Å². The van der Waals surface area contributed by atoms with Crippen molar-refractivity contribution in [3.05, 3.63) is 12.2 Å². The van der Waals surface area contributed by atoms with Crippen LogP contribution in [-0.2, 0) is 4.74 Å². The van der Waals surface area contributed by atoms with Crippen LogP contribution in [0.4, 0.5) is 0 Å². The summed E-state index contributed by atoms with van der Waals surface area (Å²) in [5.74, 6) is 2.29. The molecule has 2 nitrogen and oxygen atoms in total. The molecule has 18 heavy (non-hydrogen) atoms. The van der Waals surface area contributed by atoms with Crippen LogP contribution in [0.5, 0.6) is 0 Å². The number of hydrogen-bond donors (Lipinski definition) is 1. The maximum absolute atomic E-state index is 5.81. The first-order valence-electron chi connectivity index (χ1n) is 7.63. The largest absolute Gasteiger partial charge is 0.381 e. The lowest BCUT2D eigenvalue weighted by Gasteiger charge is -2.24. The maximum atomic E-state index is 5.81. The predicted octanol–water partition coefficient (Wildman–Crippen LogP) is 3.63. The molecule has 0 bridgehead atoms. The lowest BCUT2D eigenvalue weighted by atomic mass is 9.85. The summed E-state index contributed by atoms with van der Waals surface area (Å²) in [6, 6.07) is 0. The van der Waals surface area contributed by atoms with E-state index < -0.39 is 0 Å². The first-order chi connectivity index (χ1) is 8.70. The van der Waals surface area contributed by atoms with Crippen molar-refractivity contribution in [1.29, 1.82) is 0 Å². The minimum Gasteiger partial charge on any atom is -0.381 e. The van der Waals surface area contributed by atoms with Crippen LogP contribution in [0.3, 0.4) is 0 Å². The zero-order valence-electron chi connectivity index (χ0n) is 12.5. The van der Waals surface area contributed by atoms with Crippen molar-refractivity contribution in [2.24, 2.45) is 17.8 Å². The monoisotopic (exact) mass is 253 g/mol. The fourth-order valence-corrected chi connectivity index (χ4v) is 2.32. The first kappa shape index (κ1) is 15.7. The van der Waals surface area contributed by atoms with Gasteiger partial charge in [0.2, 0.25) is 0 Å². The molecule has 0 aromatic carbocycles. The lowest BCUT2D eigenvalue weighted by molar-refractivity contribution is 0.0768. The Morgan fingerprint density at radius 3 is 2.72 bits per heavy atom. The van der Waals surface area contributed by atoms with Crippen molar-refractivity contribution in [3.8, 4) is 0 Å². The fourth-order valence-electron chi connectivity index (χ4n) is 2.32. The van der Waals surface area contributed by atoms with Crippen LogP contribution in [0.25, 0.3) is 0 Å². The Morgan fingerprint density at radius 1 is 1.22 bits per heavy atom. The third kappa shape index (κ3) is 7.17. The fraction of sp³-hybridized carbons (Fsp3) is 0.875. The number of ether oxygens (including phenoxy) is 1. The van der Waals surface area contributed by atoms with Crippen molar-refractivity contribution in [3.63, 3.8) is 0 Å². The summed E-state index contributed by atoms with van der Waals surface area (Å²) < 4.78 is 5.81. The van der Waals surface area contributed by atoms with E-state index in [9.17, 15) is 0 Å². The van der Waals surface area contributed by atoms with E-state index in [4.69, 9.17) is 4.74 Å². The molecular formula is C16H31NO. The molecule has 0 saturated heterocycles. The summed E-state index contributed by atoms with van der Waals surface area (Å²) in [5, 5.41) is 3.47. The third-order valence-corrected chi connectivity index (χ3v) is 3.69. The van der Waals surface area contributed by atoms with Crippen LogP contribution in [0.1, 0.15) is 46.5 Å². The molecule has 0 spiro atoms. The second-order valence-corrected chi connectivity index (χ2v) is 6.06. The van der Waals surface area contributed by atoms with Gasteiger partial charge in [-0.05, 0) is 56.5 Å². The number of nitrogens with one attached hydrogen (secondary N) is 1. The molecule has 0 heterocycles. The van der Waals surface area contributed by atoms with Gasteiger partial charge in [0.15, 0.2) is 0 Å². The van der Waals surface area contributed by atoms with Gasteiger partial charge in [0, 0.05) is 13.2 Å². The highest BCUT2D eigenvalue weighted by Crippen LogP contribution is 2.24. The van der Waals surface area contributed by atoms with E-state index in [-0.39, 0.29) is 0 Å². The van der Waals surface area contributed by atoms with E-state index in [2.05, 4.69) is 38.2 Å². The number of hydrogen-bond acceptors (Lipinski definition) is 2. The smallest absolute Gasteiger partial charge is 0.0499 e. The average Bonchev–Trinajstić information content (AvgIpc) is 2.34. The molecule has 2 heteroatoms. The standard InChI is InChI=1S/C16H31NO/c1-14(2)12-17-10-6-7-11-18-13-16-9-5-4-8-15(16)3/h4-5,14-17H,6-13H2,1-3H3. The summed E-state index contributed by atoms with van der Waals surface area (Å²) in [7, 11) is 0. The summed E-state index contributed by atoms with van der Waals surface area (Å²) in [6.45, 7) is 11.0. The zero-order valence-corrected chi connectivity index (χ0v) is 12.5. The van der Waals surface area contributed by atoms with E-state index in [0.29, 0.717) is 0 Å². The van der Waals surface area contributed by atoms with E-state index in [1.807, 2.05) is 0 Å². The molecule has 0 aromatic heterocycles. The quantitative estimate of drug-likeness (QED) is 0.500. The minimum absolute atomic E-state index is 0.745. The highest BCUT2D eigenvalue weighted by Gasteiger charge is 2.17. The Morgan fingerprint density at radius 2 is 2.00 bits per heavy atom. The molecule has 0 aromatic rings. The van der Waals surface area contributed by atoms with Gasteiger partial charge in [-0.3, -0.25) is 0 Å². The average molecular weight is 253 g/mol. The molecule has 0 radical (unpaired) electrons. The SMILES string of the molecule is CC(C)CNCCCCOCC1CC=CCC1C. The third-order valence-electron chi connectivity index (χ3n) is 3.69. The Kier molecular flexibility index (Phi) is 8.36. The lowest BCUT2D eigenvalue weighted by Crippen LogP contribution is -2.22. The molecular weight excluding hydrogens is 222 g/mol. The Hall–Kier alpha value is -0.340. The predicted molar refractivity (Wildman–Crippen MR) is 78.8 cm³/mol. The second kappa shape index (κ2) is 9.57. The van der Waals surface area contributed by atoms with Crippen molar-refractivity contribution < 1.29 is 4.74 Å². The van der Waals surface area contributed by atoms with Gasteiger partial charge < -0.3 is 10.1 Å². The molecule has 0 amide bonds. The normalized spacial score (nSPS) is 23.8. The van der Waals surface area contributed by atoms with Gasteiger partial charge in [0.25, 0.3) is 0 Å². The molecule has 1 rings (SSSR count). The summed E-state index contributed by atoms with van der Waals surface area (Å²) in [5.41, 5.74) is 0. The summed E-state index contributed by atoms with van der Waals surface area (Å²) in [4.78, 5) is 0. The van der Waals surface area contributed by atoms with Crippen LogP contribution in [0.2, 0.25) is 0 Å². The molecule has 1 N–H and O–H groups in total. The molecule has 2 atom stereocenters. The number of rotatable bonds is 9. The highest BCUT2D eigenvalue weighted by molar-refractivity contribution is 4.93. The number of unbranched alkanes of at least 4 members (excludes halogenated alkanes) is 1. The molecule has 1 aliphatic carbocycles. The summed E-state index contributed by atoms with van der Waals surface area (Å²) >= 11 is 0. The van der Waals surface area contributed by atoms with Gasteiger partial charge in [-0.15, -0.1) is 0 Å². The van der Waals surface area contributed by atoms with Crippen molar-refractivity contribution in [2.75, 3.05) is 26.3 Å². The van der Waals surface area contributed by atoms with E-state index in [0.717, 1.165) is 44.1 Å². The van der Waals surface area contributed by atoms with Gasteiger partial charge in [0.1, 0.15) is 0 Å². The molecule has 0 fully saturated rings. The van der Waals surface area contributed by atoms with Crippen molar-refractivity contribution in [2.45, 2.75) is 46.5 Å². The van der Waals surface area contributed by atoms with E-state index in [1.54, 1.807) is 0 Å². The summed E-state index contributed by atoms with van der Waals surface area (Å²) in [6.07, 6.45) is 9.46. The van der Waals surface area contributed by atoms with Crippen LogP contribution < -0.4 is 5.32 Å². The van der Waals surface area contributed by atoms with Gasteiger partial charge in [-0.25, -0.2) is 0 Å². The number of allylic oxidation sites excluding steroid dienone is 2. The van der Waals surface area contributed by atoms with Crippen LogP contribution >= 0.6 is 0 Å². The molecule has 0 saturated carbocycles. The first-order valence-corrected chi connectivity index (χ1v) is 7.63. The Bertz CT molecular complexity index is 225.